The van der Waals surface area contributed by atoms with Gasteiger partial charge in [0.25, 0.3) is 0 Å². The lowest BCUT2D eigenvalue weighted by Gasteiger charge is -2.16. The minimum Gasteiger partial charge on any atom is -0.394 e. The van der Waals surface area contributed by atoms with E-state index in [0.717, 1.165) is 16.5 Å². The first-order valence-corrected chi connectivity index (χ1v) is 7.01. The van der Waals surface area contributed by atoms with Crippen LogP contribution in [0.1, 0.15) is 38.2 Å². The highest BCUT2D eigenvalue weighted by Gasteiger charge is 2.14. The van der Waals surface area contributed by atoms with Gasteiger partial charge in [-0.3, -0.25) is 4.79 Å². The van der Waals surface area contributed by atoms with Gasteiger partial charge in [0.05, 0.1) is 12.6 Å². The Morgan fingerprint density at radius 2 is 2.00 bits per heavy atom. The van der Waals surface area contributed by atoms with E-state index in [0.29, 0.717) is 6.42 Å². The van der Waals surface area contributed by atoms with Gasteiger partial charge in [0.2, 0.25) is 5.91 Å². The van der Waals surface area contributed by atoms with Crippen LogP contribution in [-0.4, -0.2) is 23.7 Å². The molecule has 0 saturated carbocycles. The molecule has 0 bridgehead atoms. The molecule has 0 aliphatic carbocycles. The van der Waals surface area contributed by atoms with Crippen molar-refractivity contribution in [3.05, 3.63) is 34.3 Å². The Kier molecular flexibility index (Phi) is 6.36. The van der Waals surface area contributed by atoms with Crippen molar-refractivity contribution in [3.8, 4) is 0 Å². The Labute approximate surface area is 117 Å². The quantitative estimate of drug-likeness (QED) is 0.848. The Hall–Kier alpha value is -0.870. The van der Waals surface area contributed by atoms with Crippen molar-refractivity contribution < 1.29 is 9.90 Å². The second kappa shape index (κ2) is 7.54. The molecule has 4 heteroatoms. The fraction of sp³-hybridized carbons (Fsp3) is 0.500. The average Bonchev–Trinajstić information content (AvgIpc) is 2.36. The zero-order valence-corrected chi connectivity index (χ0v) is 12.4. The third kappa shape index (κ3) is 4.78. The first-order chi connectivity index (χ1) is 8.56. The third-order valence-corrected chi connectivity index (χ3v) is 3.54. The Bertz CT molecular complexity index is 374. The summed E-state index contributed by atoms with van der Waals surface area (Å²) in [5.41, 5.74) is 1.14. The van der Waals surface area contributed by atoms with Crippen LogP contribution in [0.4, 0.5) is 0 Å². The second-order valence-electron chi connectivity index (χ2n) is 4.51. The van der Waals surface area contributed by atoms with Gasteiger partial charge in [-0.2, -0.15) is 0 Å². The summed E-state index contributed by atoms with van der Waals surface area (Å²) in [5, 5.41) is 11.9. The highest BCUT2D eigenvalue weighted by atomic mass is 79.9. The SMILES string of the molecule is CC[C@@H](CO)NC(=O)CC(C)c1ccc(Br)cc1. The summed E-state index contributed by atoms with van der Waals surface area (Å²) in [6.45, 7) is 3.97. The minimum atomic E-state index is -0.130. The van der Waals surface area contributed by atoms with E-state index in [4.69, 9.17) is 5.11 Å². The van der Waals surface area contributed by atoms with Gasteiger partial charge in [-0.25, -0.2) is 0 Å². The zero-order chi connectivity index (χ0) is 13.5. The number of rotatable bonds is 6. The third-order valence-electron chi connectivity index (χ3n) is 3.01. The van der Waals surface area contributed by atoms with E-state index in [2.05, 4.69) is 21.2 Å². The molecule has 0 fully saturated rings. The molecule has 0 aromatic heterocycles. The lowest BCUT2D eigenvalue weighted by molar-refractivity contribution is -0.122. The number of nitrogens with one attached hydrogen (secondary N) is 1. The molecule has 1 amide bonds. The summed E-state index contributed by atoms with van der Waals surface area (Å²) >= 11 is 3.39. The van der Waals surface area contributed by atoms with Gasteiger partial charge in [0, 0.05) is 10.9 Å². The number of aliphatic hydroxyl groups is 1. The van der Waals surface area contributed by atoms with Gasteiger partial charge < -0.3 is 10.4 Å². The van der Waals surface area contributed by atoms with E-state index in [1.807, 2.05) is 38.1 Å². The molecule has 3 nitrogen and oxygen atoms in total. The summed E-state index contributed by atoms with van der Waals surface area (Å²) in [4.78, 5) is 11.8. The summed E-state index contributed by atoms with van der Waals surface area (Å²) in [6.07, 6.45) is 1.19. The van der Waals surface area contributed by atoms with Crippen molar-refractivity contribution in [3.63, 3.8) is 0 Å². The van der Waals surface area contributed by atoms with Gasteiger partial charge in [0.1, 0.15) is 0 Å². The predicted molar refractivity (Wildman–Crippen MR) is 76.5 cm³/mol. The minimum absolute atomic E-state index is 0.00505. The summed E-state index contributed by atoms with van der Waals surface area (Å²) in [7, 11) is 0. The van der Waals surface area contributed by atoms with Crippen LogP contribution in [0.15, 0.2) is 28.7 Å². The molecular weight excluding hydrogens is 294 g/mol. The fourth-order valence-electron chi connectivity index (χ4n) is 1.75. The molecule has 18 heavy (non-hydrogen) atoms. The van der Waals surface area contributed by atoms with Crippen LogP contribution in [-0.2, 0) is 4.79 Å². The molecule has 100 valence electrons. The number of aliphatic hydroxyl groups excluding tert-OH is 1. The first kappa shape index (κ1) is 15.2. The first-order valence-electron chi connectivity index (χ1n) is 6.22. The van der Waals surface area contributed by atoms with E-state index in [1.165, 1.54) is 0 Å². The number of carbonyl (C=O) groups excluding carboxylic acids is 1. The van der Waals surface area contributed by atoms with Gasteiger partial charge in [0.15, 0.2) is 0 Å². The molecule has 0 aliphatic rings. The Balaban J connectivity index is 2.51. The van der Waals surface area contributed by atoms with Crippen LogP contribution in [0, 0.1) is 0 Å². The molecule has 2 N–H and O–H groups in total. The normalized spacial score (nSPS) is 14.0. The average molecular weight is 314 g/mol. The van der Waals surface area contributed by atoms with Crippen LogP contribution in [0.5, 0.6) is 0 Å². The monoisotopic (exact) mass is 313 g/mol. The van der Waals surface area contributed by atoms with Gasteiger partial charge >= 0.3 is 0 Å². The summed E-state index contributed by atoms with van der Waals surface area (Å²) in [5.74, 6) is 0.167. The maximum absolute atomic E-state index is 11.8. The van der Waals surface area contributed by atoms with Crippen molar-refractivity contribution in [2.75, 3.05) is 6.61 Å². The molecule has 0 aliphatic heterocycles. The van der Waals surface area contributed by atoms with Gasteiger partial charge in [-0.15, -0.1) is 0 Å². The van der Waals surface area contributed by atoms with E-state index < -0.39 is 0 Å². The van der Waals surface area contributed by atoms with Crippen LogP contribution in [0.25, 0.3) is 0 Å². The van der Waals surface area contributed by atoms with Crippen molar-refractivity contribution in [2.24, 2.45) is 0 Å². The van der Waals surface area contributed by atoms with Crippen molar-refractivity contribution >= 4 is 21.8 Å². The second-order valence-corrected chi connectivity index (χ2v) is 5.43. The van der Waals surface area contributed by atoms with Crippen molar-refractivity contribution in [1.82, 2.24) is 5.32 Å². The van der Waals surface area contributed by atoms with E-state index in [1.54, 1.807) is 0 Å². The number of benzene rings is 1. The molecule has 1 unspecified atom stereocenters. The number of carbonyl (C=O) groups is 1. The topological polar surface area (TPSA) is 49.3 Å². The molecule has 0 radical (unpaired) electrons. The van der Waals surface area contributed by atoms with Gasteiger partial charge in [-0.05, 0) is 30.0 Å². The molecule has 1 rings (SSSR count). The maximum atomic E-state index is 11.8. The molecule has 0 spiro atoms. The van der Waals surface area contributed by atoms with Crippen LogP contribution >= 0.6 is 15.9 Å². The van der Waals surface area contributed by atoms with Crippen molar-refractivity contribution in [1.29, 1.82) is 0 Å². The smallest absolute Gasteiger partial charge is 0.220 e. The number of halogens is 1. The number of hydrogen-bond acceptors (Lipinski definition) is 2. The van der Waals surface area contributed by atoms with Crippen LogP contribution in [0.3, 0.4) is 0 Å². The largest absolute Gasteiger partial charge is 0.394 e. The molecule has 1 aromatic rings. The van der Waals surface area contributed by atoms with Crippen LogP contribution < -0.4 is 5.32 Å². The Morgan fingerprint density at radius 1 is 1.39 bits per heavy atom. The lowest BCUT2D eigenvalue weighted by atomic mass is 9.97. The summed E-state index contributed by atoms with van der Waals surface area (Å²) < 4.78 is 1.04. The zero-order valence-electron chi connectivity index (χ0n) is 10.8. The Morgan fingerprint density at radius 3 is 2.50 bits per heavy atom. The fourth-order valence-corrected chi connectivity index (χ4v) is 2.01. The number of hydrogen-bond donors (Lipinski definition) is 2. The number of amides is 1. The van der Waals surface area contributed by atoms with Crippen LogP contribution in [0.2, 0.25) is 0 Å². The molecule has 2 atom stereocenters. The van der Waals surface area contributed by atoms with Crippen molar-refractivity contribution in [2.45, 2.75) is 38.6 Å². The molecule has 0 heterocycles. The molecule has 1 aromatic carbocycles. The summed E-state index contributed by atoms with van der Waals surface area (Å²) in [6, 6.07) is 7.87. The maximum Gasteiger partial charge on any atom is 0.220 e. The standard InChI is InChI=1S/C14H20BrNO2/c1-3-13(9-17)16-14(18)8-10(2)11-4-6-12(15)7-5-11/h4-7,10,13,17H,3,8-9H2,1-2H3,(H,16,18)/t10?,13-/m0/s1. The van der Waals surface area contributed by atoms with E-state index in [9.17, 15) is 4.79 Å². The highest BCUT2D eigenvalue weighted by Crippen LogP contribution is 2.21. The molecular formula is C14H20BrNO2. The highest BCUT2D eigenvalue weighted by molar-refractivity contribution is 9.10. The predicted octanol–water partition coefficient (Wildman–Crippen LogP) is 2.83. The van der Waals surface area contributed by atoms with E-state index in [-0.39, 0.29) is 24.5 Å². The lowest BCUT2D eigenvalue weighted by Crippen LogP contribution is -2.37. The van der Waals surface area contributed by atoms with E-state index >= 15 is 0 Å². The van der Waals surface area contributed by atoms with Gasteiger partial charge in [-0.1, -0.05) is 41.9 Å². The molecule has 0 saturated heterocycles.